The van der Waals surface area contributed by atoms with Gasteiger partial charge < -0.3 is 25.7 Å². The van der Waals surface area contributed by atoms with Crippen LogP contribution in [-0.2, 0) is 6.42 Å². The zero-order chi connectivity index (χ0) is 16.7. The molecule has 4 N–H and O–H groups in total. The normalized spacial score (nSPS) is 17.7. The van der Waals surface area contributed by atoms with E-state index in [1.165, 1.54) is 0 Å². The number of nitrogens with two attached hydrogens (primary N) is 2. The Morgan fingerprint density at radius 3 is 2.58 bits per heavy atom. The van der Waals surface area contributed by atoms with Crippen molar-refractivity contribution in [3.05, 3.63) is 35.4 Å². The molecule has 4 rings (SSSR count). The molecule has 0 saturated heterocycles. The second-order valence-electron chi connectivity index (χ2n) is 5.76. The highest BCUT2D eigenvalue weighted by Gasteiger charge is 2.32. The van der Waals surface area contributed by atoms with E-state index >= 15 is 0 Å². The second kappa shape index (κ2) is 5.59. The fourth-order valence-corrected chi connectivity index (χ4v) is 2.81. The molecule has 3 heterocycles. The number of hydrogen-bond acceptors (Lipinski definition) is 7. The fourth-order valence-electron chi connectivity index (χ4n) is 2.81. The Kier molecular flexibility index (Phi) is 3.41. The van der Waals surface area contributed by atoms with Crippen molar-refractivity contribution in [1.82, 2.24) is 4.98 Å². The fraction of sp³-hybridized carbons (Fsp3) is 0.294. The van der Waals surface area contributed by atoms with Gasteiger partial charge in [0.05, 0.1) is 30.6 Å². The third-order valence-electron chi connectivity index (χ3n) is 4.14. The first-order valence-corrected chi connectivity index (χ1v) is 7.70. The van der Waals surface area contributed by atoms with Crippen LogP contribution in [-0.4, -0.2) is 37.1 Å². The summed E-state index contributed by atoms with van der Waals surface area (Å²) in [5.41, 5.74) is 15.4. The van der Waals surface area contributed by atoms with Crippen molar-refractivity contribution in [2.24, 2.45) is 4.99 Å². The van der Waals surface area contributed by atoms with Gasteiger partial charge in [-0.15, -0.1) is 0 Å². The summed E-state index contributed by atoms with van der Waals surface area (Å²) < 4.78 is 16.7. The van der Waals surface area contributed by atoms with E-state index in [0.717, 1.165) is 28.3 Å². The predicted molar refractivity (Wildman–Crippen MR) is 91.1 cm³/mol. The van der Waals surface area contributed by atoms with Crippen molar-refractivity contribution in [2.75, 3.05) is 31.7 Å². The summed E-state index contributed by atoms with van der Waals surface area (Å²) in [5, 5.41) is 0. The average molecular weight is 326 g/mol. The third kappa shape index (κ3) is 2.58. The number of benzene rings is 1. The van der Waals surface area contributed by atoms with Crippen LogP contribution in [0, 0.1) is 0 Å². The van der Waals surface area contributed by atoms with E-state index in [4.69, 9.17) is 25.7 Å². The Labute approximate surface area is 139 Å². The molecule has 0 saturated carbocycles. The number of fused-ring (bicyclic) bond motifs is 1. The molecule has 0 spiro atoms. The number of pyridine rings is 1. The van der Waals surface area contributed by atoms with Crippen molar-refractivity contribution in [2.45, 2.75) is 12.5 Å². The SMILES string of the molecule is COc1ccc(OCC2Cc3c(nc(N)c(C4=NC4)c3N)O2)cc1. The molecule has 0 bridgehead atoms. The van der Waals surface area contributed by atoms with Crippen LogP contribution in [0.4, 0.5) is 11.5 Å². The molecule has 0 amide bonds. The topological polar surface area (TPSA) is 105 Å². The first-order valence-electron chi connectivity index (χ1n) is 7.70. The van der Waals surface area contributed by atoms with E-state index in [1.54, 1.807) is 7.11 Å². The summed E-state index contributed by atoms with van der Waals surface area (Å²) in [6.45, 7) is 1.08. The van der Waals surface area contributed by atoms with Gasteiger partial charge >= 0.3 is 0 Å². The van der Waals surface area contributed by atoms with Crippen LogP contribution in [0.25, 0.3) is 0 Å². The van der Waals surface area contributed by atoms with Crippen molar-refractivity contribution in [3.63, 3.8) is 0 Å². The van der Waals surface area contributed by atoms with E-state index < -0.39 is 0 Å². The molecule has 2 aliphatic rings. The van der Waals surface area contributed by atoms with E-state index in [0.29, 0.717) is 37.0 Å². The highest BCUT2D eigenvalue weighted by molar-refractivity contribution is 6.16. The molecule has 24 heavy (non-hydrogen) atoms. The Balaban J connectivity index is 1.45. The minimum absolute atomic E-state index is 0.146. The number of aliphatic imine (C=N–C) groups is 1. The van der Waals surface area contributed by atoms with E-state index in [9.17, 15) is 0 Å². The molecule has 1 aromatic heterocycles. The number of anilines is 2. The van der Waals surface area contributed by atoms with Crippen molar-refractivity contribution in [3.8, 4) is 17.4 Å². The van der Waals surface area contributed by atoms with Gasteiger partial charge in [-0.1, -0.05) is 0 Å². The number of rotatable bonds is 5. The van der Waals surface area contributed by atoms with Crippen LogP contribution in [0.2, 0.25) is 0 Å². The molecule has 1 unspecified atom stereocenters. The molecule has 7 heteroatoms. The monoisotopic (exact) mass is 326 g/mol. The van der Waals surface area contributed by atoms with Crippen LogP contribution in [0.5, 0.6) is 17.4 Å². The van der Waals surface area contributed by atoms with Gasteiger partial charge in [-0.3, -0.25) is 4.99 Å². The molecule has 0 radical (unpaired) electrons. The van der Waals surface area contributed by atoms with Gasteiger partial charge in [-0.2, -0.15) is 4.98 Å². The van der Waals surface area contributed by atoms with Crippen LogP contribution >= 0.6 is 0 Å². The quantitative estimate of drug-likeness (QED) is 0.861. The first-order chi connectivity index (χ1) is 11.7. The highest BCUT2D eigenvalue weighted by Crippen LogP contribution is 2.37. The van der Waals surface area contributed by atoms with Gasteiger partial charge in [0.15, 0.2) is 0 Å². The second-order valence-corrected chi connectivity index (χ2v) is 5.76. The summed E-state index contributed by atoms with van der Waals surface area (Å²) in [6.07, 6.45) is 0.498. The van der Waals surface area contributed by atoms with E-state index in [-0.39, 0.29) is 6.10 Å². The van der Waals surface area contributed by atoms with Crippen molar-refractivity contribution >= 4 is 17.2 Å². The van der Waals surface area contributed by atoms with Gasteiger partial charge in [0.25, 0.3) is 0 Å². The number of nitrogens with zero attached hydrogens (tertiary/aromatic N) is 2. The third-order valence-corrected chi connectivity index (χ3v) is 4.14. The van der Waals surface area contributed by atoms with Gasteiger partial charge in [-0.05, 0) is 24.3 Å². The molecule has 1 aromatic carbocycles. The van der Waals surface area contributed by atoms with Crippen LogP contribution < -0.4 is 25.7 Å². The molecular weight excluding hydrogens is 308 g/mol. The molecule has 2 aliphatic heterocycles. The number of nitrogen functional groups attached to an aromatic ring is 2. The maximum atomic E-state index is 6.24. The molecule has 1 atom stereocenters. The molecule has 2 aromatic rings. The lowest BCUT2D eigenvalue weighted by atomic mass is 10.0. The molecule has 0 fully saturated rings. The minimum Gasteiger partial charge on any atom is -0.497 e. The Morgan fingerprint density at radius 1 is 1.21 bits per heavy atom. The number of ether oxygens (including phenoxy) is 3. The predicted octanol–water partition coefficient (Wildman–Crippen LogP) is 1.44. The zero-order valence-corrected chi connectivity index (χ0v) is 13.3. The largest absolute Gasteiger partial charge is 0.497 e. The average Bonchev–Trinajstić information content (AvgIpc) is 3.33. The number of aromatic nitrogens is 1. The Morgan fingerprint density at radius 2 is 1.92 bits per heavy atom. The van der Waals surface area contributed by atoms with Crippen molar-refractivity contribution < 1.29 is 14.2 Å². The Bertz CT molecular complexity index is 818. The minimum atomic E-state index is -0.146. The molecular formula is C17H18N4O3. The summed E-state index contributed by atoms with van der Waals surface area (Å²) in [4.78, 5) is 8.50. The lowest BCUT2D eigenvalue weighted by Gasteiger charge is -2.12. The van der Waals surface area contributed by atoms with Gasteiger partial charge in [-0.25, -0.2) is 0 Å². The number of methoxy groups -OCH3 is 1. The summed E-state index contributed by atoms with van der Waals surface area (Å²) in [5.74, 6) is 2.41. The van der Waals surface area contributed by atoms with Crippen LogP contribution in [0.1, 0.15) is 11.1 Å². The number of hydrogen-bond donors (Lipinski definition) is 2. The van der Waals surface area contributed by atoms with E-state index in [2.05, 4.69) is 9.98 Å². The summed E-state index contributed by atoms with van der Waals surface area (Å²) >= 11 is 0. The van der Waals surface area contributed by atoms with Crippen molar-refractivity contribution in [1.29, 1.82) is 0 Å². The summed E-state index contributed by atoms with van der Waals surface area (Å²) in [6, 6.07) is 7.41. The van der Waals surface area contributed by atoms with Gasteiger partial charge in [0, 0.05) is 12.0 Å². The molecule has 0 aliphatic carbocycles. The molecule has 124 valence electrons. The van der Waals surface area contributed by atoms with Crippen LogP contribution in [0.3, 0.4) is 0 Å². The first kappa shape index (κ1) is 14.6. The summed E-state index contributed by atoms with van der Waals surface area (Å²) in [7, 11) is 1.63. The highest BCUT2D eigenvalue weighted by atomic mass is 16.5. The van der Waals surface area contributed by atoms with Gasteiger partial charge in [0.1, 0.15) is 30.0 Å². The standard InChI is InChI=1S/C17H18N4O3/c1-22-9-2-4-10(5-3-9)23-8-11-6-12-15(18)14(13-7-20-13)16(19)21-17(12)24-11/h2-5,11H,6-8H2,1H3,(H4,18,19,21). The maximum absolute atomic E-state index is 6.24. The maximum Gasteiger partial charge on any atom is 0.221 e. The lowest BCUT2D eigenvalue weighted by Crippen LogP contribution is -2.22. The zero-order valence-electron chi connectivity index (χ0n) is 13.3. The van der Waals surface area contributed by atoms with E-state index in [1.807, 2.05) is 24.3 Å². The Hall–Kier alpha value is -2.96. The van der Waals surface area contributed by atoms with Gasteiger partial charge in [0.2, 0.25) is 5.88 Å². The lowest BCUT2D eigenvalue weighted by molar-refractivity contribution is 0.145. The molecule has 7 nitrogen and oxygen atoms in total. The smallest absolute Gasteiger partial charge is 0.221 e. The van der Waals surface area contributed by atoms with Crippen LogP contribution in [0.15, 0.2) is 29.3 Å².